The van der Waals surface area contributed by atoms with Gasteiger partial charge in [0.15, 0.2) is 5.96 Å². The van der Waals surface area contributed by atoms with Gasteiger partial charge in [0, 0.05) is 38.3 Å². The molecule has 2 rings (SSSR count). The van der Waals surface area contributed by atoms with Crippen molar-refractivity contribution in [3.8, 4) is 5.75 Å². The van der Waals surface area contributed by atoms with Crippen LogP contribution in [-0.2, 0) is 11.3 Å². The zero-order valence-corrected chi connectivity index (χ0v) is 14.5. The first kappa shape index (κ1) is 19.4. The van der Waals surface area contributed by atoms with Gasteiger partial charge in [0.05, 0.1) is 19.8 Å². The molecule has 1 aromatic carbocycles. The summed E-state index contributed by atoms with van der Waals surface area (Å²) >= 11 is 0. The molecule has 2 N–H and O–H groups in total. The molecule has 0 radical (unpaired) electrons. The number of hydrogen-bond acceptors (Lipinski definition) is 4. The standard InChI is InChI=1S/C17H26F2N4O2/c1-2-20-17(21-7-8-23-9-11-24-12-10-23)22-13-14-5-3-4-6-15(14)25-16(18)19/h3-6,16H,2,7-13H2,1H3,(H2,20,21,22). The lowest BCUT2D eigenvalue weighted by atomic mass is 10.2. The minimum Gasteiger partial charge on any atom is -0.434 e. The fourth-order valence-electron chi connectivity index (χ4n) is 2.51. The summed E-state index contributed by atoms with van der Waals surface area (Å²) in [5, 5.41) is 6.42. The van der Waals surface area contributed by atoms with Gasteiger partial charge < -0.3 is 20.1 Å². The normalized spacial score (nSPS) is 16.1. The quantitative estimate of drug-likeness (QED) is 0.548. The number of hydrogen-bond donors (Lipinski definition) is 2. The Labute approximate surface area is 147 Å². The summed E-state index contributed by atoms with van der Waals surface area (Å²) in [5.74, 6) is 0.813. The highest BCUT2D eigenvalue weighted by Crippen LogP contribution is 2.20. The van der Waals surface area contributed by atoms with Crippen molar-refractivity contribution in [1.82, 2.24) is 15.5 Å². The second kappa shape index (κ2) is 10.8. The summed E-state index contributed by atoms with van der Waals surface area (Å²) < 4.78 is 34.8. The number of benzene rings is 1. The van der Waals surface area contributed by atoms with Crippen molar-refractivity contribution in [3.63, 3.8) is 0 Å². The van der Waals surface area contributed by atoms with Crippen LogP contribution in [0.15, 0.2) is 29.3 Å². The van der Waals surface area contributed by atoms with Gasteiger partial charge in [-0.25, -0.2) is 4.99 Å². The van der Waals surface area contributed by atoms with E-state index in [1.165, 1.54) is 6.07 Å². The maximum absolute atomic E-state index is 12.5. The van der Waals surface area contributed by atoms with E-state index in [0.717, 1.165) is 45.9 Å². The molecule has 1 saturated heterocycles. The molecule has 0 saturated carbocycles. The molecule has 0 aliphatic carbocycles. The van der Waals surface area contributed by atoms with Crippen LogP contribution in [0, 0.1) is 0 Å². The van der Waals surface area contributed by atoms with Crippen LogP contribution in [0.5, 0.6) is 5.75 Å². The number of nitrogens with one attached hydrogen (secondary N) is 2. The van der Waals surface area contributed by atoms with Crippen molar-refractivity contribution < 1.29 is 18.3 Å². The molecular formula is C17H26F2N4O2. The van der Waals surface area contributed by atoms with Crippen LogP contribution < -0.4 is 15.4 Å². The molecule has 1 fully saturated rings. The number of halogens is 2. The Morgan fingerprint density at radius 1 is 1.28 bits per heavy atom. The molecule has 0 bridgehead atoms. The van der Waals surface area contributed by atoms with Gasteiger partial charge in [-0.2, -0.15) is 8.78 Å². The van der Waals surface area contributed by atoms with Crippen molar-refractivity contribution in [2.75, 3.05) is 45.9 Å². The third-order valence-electron chi connectivity index (χ3n) is 3.76. The van der Waals surface area contributed by atoms with E-state index in [1.807, 2.05) is 6.92 Å². The van der Waals surface area contributed by atoms with Crippen molar-refractivity contribution in [2.24, 2.45) is 4.99 Å². The van der Waals surface area contributed by atoms with Gasteiger partial charge in [-0.05, 0) is 13.0 Å². The minimum absolute atomic E-state index is 0.158. The van der Waals surface area contributed by atoms with Crippen LogP contribution >= 0.6 is 0 Å². The number of ether oxygens (including phenoxy) is 2. The molecule has 0 aromatic heterocycles. The number of rotatable bonds is 8. The fourth-order valence-corrected chi connectivity index (χ4v) is 2.51. The number of nitrogens with zero attached hydrogens (tertiary/aromatic N) is 2. The Morgan fingerprint density at radius 3 is 2.76 bits per heavy atom. The second-order valence-electron chi connectivity index (χ2n) is 5.56. The van der Waals surface area contributed by atoms with E-state index in [-0.39, 0.29) is 12.3 Å². The molecule has 1 heterocycles. The van der Waals surface area contributed by atoms with Crippen molar-refractivity contribution >= 4 is 5.96 Å². The van der Waals surface area contributed by atoms with E-state index < -0.39 is 6.61 Å². The Morgan fingerprint density at radius 2 is 2.04 bits per heavy atom. The lowest BCUT2D eigenvalue weighted by Crippen LogP contribution is -2.44. The van der Waals surface area contributed by atoms with Crippen molar-refractivity contribution in [2.45, 2.75) is 20.1 Å². The first-order valence-corrected chi connectivity index (χ1v) is 8.54. The number of alkyl halides is 2. The van der Waals surface area contributed by atoms with Gasteiger partial charge in [-0.1, -0.05) is 18.2 Å². The zero-order valence-electron chi connectivity index (χ0n) is 14.5. The third-order valence-corrected chi connectivity index (χ3v) is 3.76. The van der Waals surface area contributed by atoms with Crippen LogP contribution in [-0.4, -0.2) is 63.4 Å². The third kappa shape index (κ3) is 7.23. The van der Waals surface area contributed by atoms with Crippen LogP contribution in [0.2, 0.25) is 0 Å². The Kier molecular flexibility index (Phi) is 8.41. The van der Waals surface area contributed by atoms with Gasteiger partial charge in [0.1, 0.15) is 5.75 Å². The molecule has 0 amide bonds. The SMILES string of the molecule is CCNC(=NCc1ccccc1OC(F)F)NCCN1CCOCC1. The fraction of sp³-hybridized carbons (Fsp3) is 0.588. The smallest absolute Gasteiger partial charge is 0.387 e. The summed E-state index contributed by atoms with van der Waals surface area (Å²) in [6.07, 6.45) is 0. The summed E-state index contributed by atoms with van der Waals surface area (Å²) in [5.41, 5.74) is 0.619. The van der Waals surface area contributed by atoms with Crippen LogP contribution in [0.1, 0.15) is 12.5 Å². The average Bonchev–Trinajstić information content (AvgIpc) is 2.61. The molecule has 8 heteroatoms. The molecule has 140 valence electrons. The highest BCUT2D eigenvalue weighted by atomic mass is 19.3. The maximum atomic E-state index is 12.5. The molecule has 1 aromatic rings. The summed E-state index contributed by atoms with van der Waals surface area (Å²) in [6.45, 7) is 5.19. The summed E-state index contributed by atoms with van der Waals surface area (Å²) in [6, 6.07) is 6.70. The highest BCUT2D eigenvalue weighted by Gasteiger charge is 2.11. The molecule has 1 aliphatic heterocycles. The predicted molar refractivity (Wildman–Crippen MR) is 93.2 cm³/mol. The Bertz CT molecular complexity index is 537. The summed E-state index contributed by atoms with van der Waals surface area (Å²) in [7, 11) is 0. The zero-order chi connectivity index (χ0) is 17.9. The van der Waals surface area contributed by atoms with Crippen LogP contribution in [0.25, 0.3) is 0 Å². The molecule has 0 unspecified atom stereocenters. The predicted octanol–water partition coefficient (Wildman–Crippen LogP) is 1.68. The highest BCUT2D eigenvalue weighted by molar-refractivity contribution is 5.79. The van der Waals surface area contributed by atoms with E-state index in [1.54, 1.807) is 18.2 Å². The number of para-hydroxylation sites is 1. The molecular weight excluding hydrogens is 330 g/mol. The number of aliphatic imine (C=N–C) groups is 1. The van der Waals surface area contributed by atoms with E-state index in [0.29, 0.717) is 11.5 Å². The lowest BCUT2D eigenvalue weighted by Gasteiger charge is -2.26. The van der Waals surface area contributed by atoms with E-state index in [9.17, 15) is 8.78 Å². The molecule has 0 spiro atoms. The van der Waals surface area contributed by atoms with Crippen LogP contribution in [0.4, 0.5) is 8.78 Å². The van der Waals surface area contributed by atoms with Crippen molar-refractivity contribution in [3.05, 3.63) is 29.8 Å². The second-order valence-corrected chi connectivity index (χ2v) is 5.56. The van der Waals surface area contributed by atoms with Gasteiger partial charge in [-0.15, -0.1) is 0 Å². The molecule has 0 atom stereocenters. The van der Waals surface area contributed by atoms with E-state index >= 15 is 0 Å². The molecule has 25 heavy (non-hydrogen) atoms. The maximum Gasteiger partial charge on any atom is 0.387 e. The topological polar surface area (TPSA) is 58.1 Å². The lowest BCUT2D eigenvalue weighted by molar-refractivity contribution is -0.0504. The minimum atomic E-state index is -2.84. The largest absolute Gasteiger partial charge is 0.434 e. The number of guanidine groups is 1. The van der Waals surface area contributed by atoms with Crippen LogP contribution in [0.3, 0.4) is 0 Å². The van der Waals surface area contributed by atoms with Gasteiger partial charge in [0.25, 0.3) is 0 Å². The Hall–Kier alpha value is -1.93. The van der Waals surface area contributed by atoms with Crippen molar-refractivity contribution in [1.29, 1.82) is 0 Å². The van der Waals surface area contributed by atoms with E-state index in [2.05, 4.69) is 25.3 Å². The molecule has 1 aliphatic rings. The first-order chi connectivity index (χ1) is 12.2. The van der Waals surface area contributed by atoms with Gasteiger partial charge >= 0.3 is 6.61 Å². The first-order valence-electron chi connectivity index (χ1n) is 8.54. The molecule has 6 nitrogen and oxygen atoms in total. The van der Waals surface area contributed by atoms with Gasteiger partial charge in [-0.3, -0.25) is 4.90 Å². The van der Waals surface area contributed by atoms with Gasteiger partial charge in [0.2, 0.25) is 0 Å². The van der Waals surface area contributed by atoms with E-state index in [4.69, 9.17) is 4.74 Å². The average molecular weight is 356 g/mol. The summed E-state index contributed by atoms with van der Waals surface area (Å²) in [4.78, 5) is 6.79. The monoisotopic (exact) mass is 356 g/mol. The number of morpholine rings is 1. The Balaban J connectivity index is 1.88.